The molecule has 0 fully saturated rings. The molecule has 2 aromatic rings. The van der Waals surface area contributed by atoms with Gasteiger partial charge in [-0.15, -0.1) is 0 Å². The second-order valence-corrected chi connectivity index (χ2v) is 3.43. The van der Waals surface area contributed by atoms with Gasteiger partial charge in [-0.25, -0.2) is 0 Å². The van der Waals surface area contributed by atoms with E-state index >= 15 is 0 Å². The summed E-state index contributed by atoms with van der Waals surface area (Å²) in [7, 11) is 1.62. The van der Waals surface area contributed by atoms with Crippen LogP contribution in [0.4, 0.5) is 0 Å². The van der Waals surface area contributed by atoms with Gasteiger partial charge in [0.1, 0.15) is 0 Å². The molecule has 0 aliphatic heterocycles. The van der Waals surface area contributed by atoms with Gasteiger partial charge < -0.3 is 5.11 Å². The van der Waals surface area contributed by atoms with Crippen LogP contribution in [0.3, 0.4) is 0 Å². The molecule has 1 aromatic heterocycles. The van der Waals surface area contributed by atoms with Crippen molar-refractivity contribution in [3.05, 3.63) is 34.1 Å². The molecule has 0 atom stereocenters. The number of aryl methyl sites for hydroxylation is 1. The molecule has 78 valence electrons. The van der Waals surface area contributed by atoms with E-state index in [1.807, 2.05) is 0 Å². The van der Waals surface area contributed by atoms with Crippen molar-refractivity contribution in [3.63, 3.8) is 0 Å². The van der Waals surface area contributed by atoms with Gasteiger partial charge in [-0.05, 0) is 17.7 Å². The molecule has 0 spiro atoms. The number of hydrogen-bond acceptors (Lipinski definition) is 2. The van der Waals surface area contributed by atoms with E-state index < -0.39 is 5.97 Å². The first-order chi connectivity index (χ1) is 7.08. The third-order valence-corrected chi connectivity index (χ3v) is 2.26. The van der Waals surface area contributed by atoms with Crippen LogP contribution in [-0.2, 0) is 18.3 Å². The van der Waals surface area contributed by atoms with Gasteiger partial charge in [-0.1, -0.05) is 6.07 Å². The lowest BCUT2D eigenvalue weighted by Crippen LogP contribution is -2.11. The summed E-state index contributed by atoms with van der Waals surface area (Å²) in [6.45, 7) is 0. The third-order valence-electron chi connectivity index (χ3n) is 2.26. The second-order valence-electron chi connectivity index (χ2n) is 3.43. The van der Waals surface area contributed by atoms with E-state index in [4.69, 9.17) is 5.11 Å². The molecule has 0 bridgehead atoms. The Labute approximate surface area is 84.9 Å². The van der Waals surface area contributed by atoms with Crippen molar-refractivity contribution < 1.29 is 9.90 Å². The highest BCUT2D eigenvalue weighted by Crippen LogP contribution is 2.10. The van der Waals surface area contributed by atoms with Gasteiger partial charge in [0.15, 0.2) is 0 Å². The highest BCUT2D eigenvalue weighted by molar-refractivity contribution is 5.80. The number of nitrogens with zero attached hydrogens (tertiary/aromatic N) is 1. The second kappa shape index (κ2) is 3.27. The summed E-state index contributed by atoms with van der Waals surface area (Å²) in [5.41, 5.74) is 1.24. The number of rotatable bonds is 2. The van der Waals surface area contributed by atoms with E-state index in [0.717, 1.165) is 0 Å². The lowest BCUT2D eigenvalue weighted by atomic mass is 10.1. The lowest BCUT2D eigenvalue weighted by molar-refractivity contribution is -0.136. The first-order valence-corrected chi connectivity index (χ1v) is 4.47. The van der Waals surface area contributed by atoms with Crippen molar-refractivity contribution in [2.75, 3.05) is 0 Å². The van der Waals surface area contributed by atoms with Gasteiger partial charge in [-0.2, -0.15) is 0 Å². The van der Waals surface area contributed by atoms with Crippen LogP contribution >= 0.6 is 0 Å². The summed E-state index contributed by atoms with van der Waals surface area (Å²) in [6, 6.07) is 4.99. The zero-order valence-electron chi connectivity index (χ0n) is 8.15. The van der Waals surface area contributed by atoms with E-state index in [2.05, 4.69) is 5.10 Å². The monoisotopic (exact) mass is 206 g/mol. The van der Waals surface area contributed by atoms with E-state index in [-0.39, 0.29) is 12.0 Å². The number of aliphatic carboxylic acids is 1. The van der Waals surface area contributed by atoms with Gasteiger partial charge >= 0.3 is 5.97 Å². The Morgan fingerprint density at radius 3 is 2.93 bits per heavy atom. The Balaban J connectivity index is 2.57. The first-order valence-electron chi connectivity index (χ1n) is 4.47. The van der Waals surface area contributed by atoms with Gasteiger partial charge in [0.05, 0.1) is 17.3 Å². The highest BCUT2D eigenvalue weighted by Gasteiger charge is 2.06. The molecule has 5 nitrogen and oxygen atoms in total. The first kappa shape index (κ1) is 9.51. The molecule has 0 aliphatic rings. The van der Waals surface area contributed by atoms with E-state index in [1.165, 1.54) is 4.68 Å². The molecule has 0 radical (unpaired) electrons. The number of fused-ring (bicyclic) bond motifs is 1. The smallest absolute Gasteiger partial charge is 0.307 e. The van der Waals surface area contributed by atoms with Gasteiger partial charge in [0, 0.05) is 7.05 Å². The van der Waals surface area contributed by atoms with Crippen molar-refractivity contribution in [1.82, 2.24) is 9.78 Å². The van der Waals surface area contributed by atoms with E-state index in [0.29, 0.717) is 16.5 Å². The summed E-state index contributed by atoms with van der Waals surface area (Å²) in [4.78, 5) is 22.0. The number of carboxylic acids is 1. The maximum atomic E-state index is 11.5. The van der Waals surface area contributed by atoms with Crippen LogP contribution in [0.5, 0.6) is 0 Å². The Morgan fingerprint density at radius 2 is 2.27 bits per heavy atom. The number of benzene rings is 1. The molecule has 0 unspecified atom stereocenters. The van der Waals surface area contributed by atoms with Crippen LogP contribution in [0.25, 0.3) is 10.9 Å². The number of carboxylic acid groups (broad SMARTS) is 1. The molecule has 15 heavy (non-hydrogen) atoms. The number of nitrogens with one attached hydrogen (secondary N) is 1. The minimum Gasteiger partial charge on any atom is -0.481 e. The number of H-pyrrole nitrogens is 1. The Morgan fingerprint density at radius 1 is 1.53 bits per heavy atom. The molecular formula is C10H10N2O3. The number of hydrogen-bond donors (Lipinski definition) is 2. The summed E-state index contributed by atoms with van der Waals surface area (Å²) >= 11 is 0. The highest BCUT2D eigenvalue weighted by atomic mass is 16.4. The van der Waals surface area contributed by atoms with Crippen LogP contribution in [-0.4, -0.2) is 20.9 Å². The molecule has 1 heterocycles. The fourth-order valence-corrected chi connectivity index (χ4v) is 1.57. The molecule has 0 saturated carbocycles. The molecule has 5 heteroatoms. The molecule has 2 rings (SSSR count). The molecule has 0 saturated heterocycles. The van der Waals surface area contributed by atoms with Crippen molar-refractivity contribution in [2.45, 2.75) is 6.42 Å². The normalized spacial score (nSPS) is 10.7. The van der Waals surface area contributed by atoms with Gasteiger partial charge in [-0.3, -0.25) is 19.4 Å². The van der Waals surface area contributed by atoms with Crippen molar-refractivity contribution >= 4 is 16.9 Å². The van der Waals surface area contributed by atoms with Crippen LogP contribution in [0.2, 0.25) is 0 Å². The third kappa shape index (κ3) is 1.63. The van der Waals surface area contributed by atoms with Gasteiger partial charge in [0.25, 0.3) is 5.56 Å². The van der Waals surface area contributed by atoms with Crippen molar-refractivity contribution in [3.8, 4) is 0 Å². The molecule has 0 aliphatic carbocycles. The average molecular weight is 206 g/mol. The summed E-state index contributed by atoms with van der Waals surface area (Å²) < 4.78 is 1.37. The minimum atomic E-state index is -0.882. The van der Waals surface area contributed by atoms with Crippen LogP contribution in [0.1, 0.15) is 5.56 Å². The Bertz CT molecular complexity index is 580. The lowest BCUT2D eigenvalue weighted by Gasteiger charge is -1.95. The average Bonchev–Trinajstić information content (AvgIpc) is 2.41. The van der Waals surface area contributed by atoms with Crippen molar-refractivity contribution in [1.29, 1.82) is 0 Å². The van der Waals surface area contributed by atoms with Crippen LogP contribution in [0.15, 0.2) is 23.0 Å². The number of aromatic amines is 1. The molecular weight excluding hydrogens is 196 g/mol. The summed E-state index contributed by atoms with van der Waals surface area (Å²) in [5.74, 6) is -0.882. The SMILES string of the molecule is Cn1[nH]c2cc(CC(=O)O)ccc2c1=O. The minimum absolute atomic E-state index is 0.0349. The molecule has 1 aromatic carbocycles. The number of aromatic nitrogens is 2. The molecule has 2 N–H and O–H groups in total. The fraction of sp³-hybridized carbons (Fsp3) is 0.200. The predicted octanol–water partition coefficient (Wildman–Crippen LogP) is 0.494. The van der Waals surface area contributed by atoms with E-state index in [9.17, 15) is 9.59 Å². The zero-order chi connectivity index (χ0) is 11.0. The quantitative estimate of drug-likeness (QED) is 0.751. The maximum absolute atomic E-state index is 11.5. The van der Waals surface area contributed by atoms with Crippen LogP contribution < -0.4 is 5.56 Å². The summed E-state index contributed by atoms with van der Waals surface area (Å²) in [6.07, 6.45) is -0.0349. The standard InChI is InChI=1S/C10H10N2O3/c1-12-10(15)7-3-2-6(5-9(13)14)4-8(7)11-12/h2-4,11H,5H2,1H3,(H,13,14). The maximum Gasteiger partial charge on any atom is 0.307 e. The number of carbonyl (C=O) groups is 1. The van der Waals surface area contributed by atoms with Crippen LogP contribution in [0, 0.1) is 0 Å². The predicted molar refractivity (Wildman–Crippen MR) is 54.9 cm³/mol. The Kier molecular flexibility index (Phi) is 2.07. The van der Waals surface area contributed by atoms with Crippen molar-refractivity contribution in [2.24, 2.45) is 7.05 Å². The Hall–Kier alpha value is -2.04. The largest absolute Gasteiger partial charge is 0.481 e. The topological polar surface area (TPSA) is 75.1 Å². The van der Waals surface area contributed by atoms with Gasteiger partial charge in [0.2, 0.25) is 0 Å². The van der Waals surface area contributed by atoms with E-state index in [1.54, 1.807) is 25.2 Å². The zero-order valence-corrected chi connectivity index (χ0v) is 8.15. The molecule has 0 amide bonds. The summed E-state index contributed by atoms with van der Waals surface area (Å²) in [5, 5.41) is 12.0. The fourth-order valence-electron chi connectivity index (χ4n) is 1.57.